The van der Waals surface area contributed by atoms with Crippen molar-refractivity contribution < 1.29 is 14.6 Å². The largest absolute Gasteiger partial charge is 0.507 e. The van der Waals surface area contributed by atoms with Crippen LogP contribution in [-0.4, -0.2) is 23.8 Å². The van der Waals surface area contributed by atoms with Gasteiger partial charge < -0.3 is 14.6 Å². The summed E-state index contributed by atoms with van der Waals surface area (Å²) in [5, 5.41) is 10.3. The Morgan fingerprint density at radius 2 is 1.96 bits per heavy atom. The smallest absolute Gasteiger partial charge is 0.188 e. The molecule has 3 rings (SSSR count). The predicted octanol–water partition coefficient (Wildman–Crippen LogP) is 6.85. The van der Waals surface area contributed by atoms with Crippen molar-refractivity contribution in [2.45, 2.75) is 57.7 Å². The Morgan fingerprint density at radius 1 is 1.25 bits per heavy atom. The van der Waals surface area contributed by atoms with Crippen LogP contribution in [0, 0.1) is 22.7 Å². The second-order valence-electron chi connectivity index (χ2n) is 9.30. The molecule has 156 valence electrons. The number of ether oxygens (including phenoxy) is 2. The molecule has 2 fully saturated rings. The van der Waals surface area contributed by atoms with Gasteiger partial charge in [0.05, 0.1) is 4.47 Å². The minimum Gasteiger partial charge on any atom is -0.507 e. The molecule has 1 N–H and O–H groups in total. The number of hydrogen-bond acceptors (Lipinski definition) is 3. The molecule has 0 aliphatic heterocycles. The lowest BCUT2D eigenvalue weighted by molar-refractivity contribution is -0.0463. The van der Waals surface area contributed by atoms with Crippen molar-refractivity contribution in [1.82, 2.24) is 0 Å². The molecule has 0 spiro atoms. The highest BCUT2D eigenvalue weighted by Crippen LogP contribution is 2.62. The predicted molar refractivity (Wildman–Crippen MR) is 121 cm³/mol. The van der Waals surface area contributed by atoms with Crippen LogP contribution in [0.3, 0.4) is 0 Å². The third-order valence-electron chi connectivity index (χ3n) is 7.37. The highest BCUT2D eigenvalue weighted by Gasteiger charge is 2.55. The Labute approximate surface area is 186 Å². The van der Waals surface area contributed by atoms with E-state index in [1.54, 1.807) is 7.11 Å². The Kier molecular flexibility index (Phi) is 6.58. The van der Waals surface area contributed by atoms with Crippen molar-refractivity contribution in [1.29, 1.82) is 0 Å². The van der Waals surface area contributed by atoms with Crippen LogP contribution >= 0.6 is 31.9 Å². The van der Waals surface area contributed by atoms with Crippen molar-refractivity contribution in [2.75, 3.05) is 13.9 Å². The average Bonchev–Trinajstić information content (AvgIpc) is 2.63. The van der Waals surface area contributed by atoms with Crippen LogP contribution in [-0.2, 0) is 11.2 Å². The number of phenols is 1. The standard InChI is InChI=1S/C23H32Br2O3/c1-14-6-7-20-22(2,3)21(25)8-9-23(20,4)16(14)10-15-11-18(26)17(24)12-19(15)28-13-27-5/h11-12,16,20-21,26H,1,6-10,13H2,2-5H3/t16-,20-,21+,23-/m1/s1. The molecule has 0 amide bonds. The first-order valence-corrected chi connectivity index (χ1v) is 11.8. The molecule has 2 aliphatic rings. The monoisotopic (exact) mass is 514 g/mol. The molecule has 0 saturated heterocycles. The molecule has 5 heteroatoms. The number of aromatic hydroxyl groups is 1. The van der Waals surface area contributed by atoms with Gasteiger partial charge in [-0.05, 0) is 88.4 Å². The van der Waals surface area contributed by atoms with Crippen molar-refractivity contribution in [3.8, 4) is 11.5 Å². The number of methoxy groups -OCH3 is 1. The quantitative estimate of drug-likeness (QED) is 0.264. The molecule has 2 aliphatic carbocycles. The summed E-state index contributed by atoms with van der Waals surface area (Å²) in [5.74, 6) is 2.02. The van der Waals surface area contributed by atoms with E-state index in [1.165, 1.54) is 24.8 Å². The van der Waals surface area contributed by atoms with E-state index < -0.39 is 0 Å². The van der Waals surface area contributed by atoms with E-state index >= 15 is 0 Å². The third kappa shape index (κ3) is 3.91. The number of phenolic OH excluding ortho intramolecular Hbond substituents is 1. The first-order chi connectivity index (χ1) is 13.1. The lowest BCUT2D eigenvalue weighted by Crippen LogP contribution is -2.53. The van der Waals surface area contributed by atoms with Gasteiger partial charge in [-0.2, -0.15) is 0 Å². The van der Waals surface area contributed by atoms with Crippen LogP contribution in [0.25, 0.3) is 0 Å². The highest BCUT2D eigenvalue weighted by atomic mass is 79.9. The summed E-state index contributed by atoms with van der Waals surface area (Å²) < 4.78 is 11.6. The molecule has 0 heterocycles. The molecule has 0 bridgehead atoms. The minimum absolute atomic E-state index is 0.189. The summed E-state index contributed by atoms with van der Waals surface area (Å²) in [6.45, 7) is 12.0. The van der Waals surface area contributed by atoms with Gasteiger partial charge in [-0.25, -0.2) is 0 Å². The van der Waals surface area contributed by atoms with Crippen LogP contribution in [0.4, 0.5) is 0 Å². The Bertz CT molecular complexity index is 746. The fourth-order valence-corrected chi connectivity index (χ4v) is 6.61. The van der Waals surface area contributed by atoms with E-state index in [1.807, 2.05) is 12.1 Å². The fraction of sp³-hybridized carbons (Fsp3) is 0.652. The first-order valence-electron chi connectivity index (χ1n) is 10.1. The molecular formula is C23H32Br2O3. The van der Waals surface area contributed by atoms with Crippen molar-refractivity contribution in [3.05, 3.63) is 34.3 Å². The molecule has 1 aromatic rings. The van der Waals surface area contributed by atoms with Crippen LogP contribution in [0.2, 0.25) is 0 Å². The number of alkyl halides is 1. The van der Waals surface area contributed by atoms with Gasteiger partial charge in [0.1, 0.15) is 11.5 Å². The van der Waals surface area contributed by atoms with Gasteiger partial charge in [0.2, 0.25) is 0 Å². The van der Waals surface area contributed by atoms with E-state index in [0.29, 0.717) is 21.1 Å². The summed E-state index contributed by atoms with van der Waals surface area (Å²) in [5.41, 5.74) is 2.81. The topological polar surface area (TPSA) is 38.7 Å². The number of hydrogen-bond donors (Lipinski definition) is 1. The van der Waals surface area contributed by atoms with Crippen molar-refractivity contribution >= 4 is 31.9 Å². The lowest BCUT2D eigenvalue weighted by atomic mass is 9.47. The van der Waals surface area contributed by atoms with Gasteiger partial charge in [0.25, 0.3) is 0 Å². The lowest BCUT2D eigenvalue weighted by Gasteiger charge is -2.59. The minimum atomic E-state index is 0.189. The molecule has 0 unspecified atom stereocenters. The second-order valence-corrected chi connectivity index (χ2v) is 11.3. The maximum Gasteiger partial charge on any atom is 0.188 e. The zero-order valence-electron chi connectivity index (χ0n) is 17.4. The number of allylic oxidation sites excluding steroid dienone is 1. The van der Waals surface area contributed by atoms with E-state index in [2.05, 4.69) is 59.2 Å². The highest BCUT2D eigenvalue weighted by molar-refractivity contribution is 9.10. The first kappa shape index (κ1) is 22.2. The van der Waals surface area contributed by atoms with Gasteiger partial charge in [-0.15, -0.1) is 0 Å². The van der Waals surface area contributed by atoms with Crippen LogP contribution in [0.15, 0.2) is 28.8 Å². The molecule has 0 radical (unpaired) electrons. The maximum atomic E-state index is 10.3. The molecule has 3 nitrogen and oxygen atoms in total. The molecular weight excluding hydrogens is 484 g/mol. The molecule has 0 aromatic heterocycles. The zero-order chi connectivity index (χ0) is 20.7. The number of rotatable bonds is 5. The van der Waals surface area contributed by atoms with Gasteiger partial charge >= 0.3 is 0 Å². The fourth-order valence-electron chi connectivity index (χ4n) is 5.74. The zero-order valence-corrected chi connectivity index (χ0v) is 20.5. The summed E-state index contributed by atoms with van der Waals surface area (Å²) in [6.07, 6.45) is 5.49. The van der Waals surface area contributed by atoms with Gasteiger partial charge in [0, 0.05) is 11.9 Å². The van der Waals surface area contributed by atoms with Crippen molar-refractivity contribution in [2.24, 2.45) is 22.7 Å². The maximum absolute atomic E-state index is 10.3. The van der Waals surface area contributed by atoms with E-state index in [-0.39, 0.29) is 23.4 Å². The van der Waals surface area contributed by atoms with Gasteiger partial charge in [-0.1, -0.05) is 48.9 Å². The molecule has 2 saturated carbocycles. The molecule has 4 atom stereocenters. The van der Waals surface area contributed by atoms with Crippen LogP contribution in [0.1, 0.15) is 52.0 Å². The Hall–Kier alpha value is -0.520. The van der Waals surface area contributed by atoms with E-state index in [0.717, 1.165) is 24.2 Å². The van der Waals surface area contributed by atoms with Crippen LogP contribution < -0.4 is 4.74 Å². The normalized spacial score (nSPS) is 32.1. The average molecular weight is 516 g/mol. The molecule has 28 heavy (non-hydrogen) atoms. The summed E-state index contributed by atoms with van der Waals surface area (Å²) in [7, 11) is 1.62. The summed E-state index contributed by atoms with van der Waals surface area (Å²) >= 11 is 7.36. The third-order valence-corrected chi connectivity index (χ3v) is 9.64. The van der Waals surface area contributed by atoms with E-state index in [4.69, 9.17) is 9.47 Å². The summed E-state index contributed by atoms with van der Waals surface area (Å²) in [6, 6.07) is 3.67. The summed E-state index contributed by atoms with van der Waals surface area (Å²) in [4.78, 5) is 0.558. The van der Waals surface area contributed by atoms with Gasteiger partial charge in [-0.3, -0.25) is 0 Å². The van der Waals surface area contributed by atoms with Crippen LogP contribution in [0.5, 0.6) is 11.5 Å². The van der Waals surface area contributed by atoms with Gasteiger partial charge in [0.15, 0.2) is 6.79 Å². The van der Waals surface area contributed by atoms with E-state index in [9.17, 15) is 5.11 Å². The number of halogens is 2. The Balaban J connectivity index is 1.96. The number of fused-ring (bicyclic) bond motifs is 1. The second kappa shape index (κ2) is 8.31. The molecule has 1 aromatic carbocycles. The Morgan fingerprint density at radius 3 is 2.64 bits per heavy atom. The van der Waals surface area contributed by atoms with Crippen molar-refractivity contribution in [3.63, 3.8) is 0 Å². The number of benzene rings is 1. The SMILES string of the molecule is C=C1CC[C@@H]2C(C)(C)[C@@H](Br)CC[C@]2(C)[C@@H]1Cc1cc(O)c(Br)cc1OCOC.